The van der Waals surface area contributed by atoms with E-state index < -0.39 is 0 Å². The molecule has 3 N–H and O–H groups in total. The summed E-state index contributed by atoms with van der Waals surface area (Å²) < 4.78 is 0. The summed E-state index contributed by atoms with van der Waals surface area (Å²) in [4.78, 5) is 31.5. The molecule has 0 bridgehead atoms. The summed E-state index contributed by atoms with van der Waals surface area (Å²) in [5.74, 6) is -0.384. The van der Waals surface area contributed by atoms with Gasteiger partial charge in [-0.25, -0.2) is 9.97 Å². The van der Waals surface area contributed by atoms with E-state index in [4.69, 9.17) is 5.73 Å². The number of rotatable bonds is 1. The first kappa shape index (κ1) is 9.38. The molecule has 1 aromatic rings. The Morgan fingerprint density at radius 3 is 2.27 bits per heavy atom. The highest BCUT2D eigenvalue weighted by Gasteiger charge is 2.23. The molecule has 1 saturated heterocycles. The monoisotopic (exact) mass is 207 g/mol. The van der Waals surface area contributed by atoms with E-state index in [1.54, 1.807) is 0 Å². The number of anilines is 2. The fraction of sp³-hybridized carbons (Fsp3) is 0.250. The third kappa shape index (κ3) is 2.01. The molecular formula is C8H9N5O2. The van der Waals surface area contributed by atoms with Crippen LogP contribution in [-0.2, 0) is 9.59 Å². The lowest BCUT2D eigenvalue weighted by Gasteiger charge is -2.24. The summed E-state index contributed by atoms with van der Waals surface area (Å²) in [5.41, 5.74) is 5.86. The van der Waals surface area contributed by atoms with Crippen molar-refractivity contribution in [1.29, 1.82) is 0 Å². The average Bonchev–Trinajstić information content (AvgIpc) is 2.17. The third-order valence-electron chi connectivity index (χ3n) is 1.89. The molecule has 2 heterocycles. The quantitative estimate of drug-likeness (QED) is 0.545. The minimum absolute atomic E-state index is 0.0790. The molecule has 2 amide bonds. The first-order valence-corrected chi connectivity index (χ1v) is 4.30. The van der Waals surface area contributed by atoms with Gasteiger partial charge in [-0.1, -0.05) is 0 Å². The van der Waals surface area contributed by atoms with Crippen LogP contribution < -0.4 is 16.0 Å². The molecular weight excluding hydrogens is 198 g/mol. The fourth-order valence-corrected chi connectivity index (χ4v) is 1.27. The van der Waals surface area contributed by atoms with Gasteiger partial charge in [-0.2, -0.15) is 0 Å². The van der Waals surface area contributed by atoms with Crippen molar-refractivity contribution in [2.24, 2.45) is 0 Å². The van der Waals surface area contributed by atoms with Gasteiger partial charge in [0, 0.05) is 0 Å². The molecule has 0 aliphatic carbocycles. The van der Waals surface area contributed by atoms with Gasteiger partial charge in [0.2, 0.25) is 17.8 Å². The van der Waals surface area contributed by atoms with Crippen LogP contribution >= 0.6 is 0 Å². The van der Waals surface area contributed by atoms with Crippen molar-refractivity contribution in [1.82, 2.24) is 15.3 Å². The van der Waals surface area contributed by atoms with E-state index >= 15 is 0 Å². The van der Waals surface area contributed by atoms with E-state index in [2.05, 4.69) is 15.3 Å². The number of nitrogens with two attached hydrogens (primary N) is 1. The van der Waals surface area contributed by atoms with Crippen LogP contribution in [0.3, 0.4) is 0 Å². The highest BCUT2D eigenvalue weighted by Crippen LogP contribution is 2.08. The number of hydrogen-bond acceptors (Lipinski definition) is 6. The maximum absolute atomic E-state index is 11.1. The largest absolute Gasteiger partial charge is 0.396 e. The molecule has 2 rings (SSSR count). The average molecular weight is 207 g/mol. The minimum atomic E-state index is -0.355. The number of amides is 2. The van der Waals surface area contributed by atoms with Crippen molar-refractivity contribution >= 4 is 23.5 Å². The number of aromatic nitrogens is 2. The number of nitrogen functional groups attached to an aromatic ring is 1. The number of imide groups is 1. The van der Waals surface area contributed by atoms with Crippen LogP contribution in [0.25, 0.3) is 0 Å². The van der Waals surface area contributed by atoms with Gasteiger partial charge < -0.3 is 10.6 Å². The normalized spacial score (nSPS) is 16.4. The van der Waals surface area contributed by atoms with E-state index in [9.17, 15) is 9.59 Å². The van der Waals surface area contributed by atoms with Gasteiger partial charge in [-0.05, 0) is 0 Å². The molecule has 1 aromatic heterocycles. The SMILES string of the molecule is Nc1cnc(N2CC(=O)NC(=O)C2)nc1. The smallest absolute Gasteiger partial charge is 0.246 e. The highest BCUT2D eigenvalue weighted by atomic mass is 16.2. The number of nitrogens with zero attached hydrogens (tertiary/aromatic N) is 3. The predicted molar refractivity (Wildman–Crippen MR) is 51.8 cm³/mol. The summed E-state index contributed by atoms with van der Waals surface area (Å²) in [6.07, 6.45) is 2.86. The Morgan fingerprint density at radius 1 is 1.20 bits per heavy atom. The molecule has 78 valence electrons. The number of carbonyl (C=O) groups is 2. The van der Waals surface area contributed by atoms with Crippen LogP contribution in [-0.4, -0.2) is 34.9 Å². The molecule has 1 fully saturated rings. The standard InChI is InChI=1S/C8H9N5O2/c9-5-1-10-8(11-2-5)13-3-6(14)12-7(15)4-13/h1-2H,3-4,9H2,(H,12,14,15). The number of hydrogen-bond donors (Lipinski definition) is 2. The Labute approximate surface area is 85.3 Å². The summed E-state index contributed by atoms with van der Waals surface area (Å²) >= 11 is 0. The highest BCUT2D eigenvalue weighted by molar-refractivity contribution is 6.02. The van der Waals surface area contributed by atoms with E-state index in [0.29, 0.717) is 11.6 Å². The lowest BCUT2D eigenvalue weighted by molar-refractivity contribution is -0.130. The first-order chi connectivity index (χ1) is 7.15. The van der Waals surface area contributed by atoms with Gasteiger partial charge >= 0.3 is 0 Å². The van der Waals surface area contributed by atoms with Crippen LogP contribution in [0.2, 0.25) is 0 Å². The topological polar surface area (TPSA) is 101 Å². The molecule has 7 heteroatoms. The zero-order valence-corrected chi connectivity index (χ0v) is 7.80. The maximum Gasteiger partial charge on any atom is 0.246 e. The number of nitrogens with one attached hydrogen (secondary N) is 1. The fourth-order valence-electron chi connectivity index (χ4n) is 1.27. The summed E-state index contributed by atoms with van der Waals surface area (Å²) in [7, 11) is 0. The lowest BCUT2D eigenvalue weighted by Crippen LogP contribution is -2.52. The maximum atomic E-state index is 11.1. The summed E-state index contributed by atoms with van der Waals surface area (Å²) in [5, 5.41) is 2.19. The molecule has 15 heavy (non-hydrogen) atoms. The van der Waals surface area contributed by atoms with Crippen molar-refractivity contribution in [2.75, 3.05) is 23.7 Å². The Hall–Kier alpha value is -2.18. The van der Waals surface area contributed by atoms with Crippen LogP contribution in [0.15, 0.2) is 12.4 Å². The Kier molecular flexibility index (Phi) is 2.20. The Morgan fingerprint density at radius 2 is 1.73 bits per heavy atom. The van der Waals surface area contributed by atoms with E-state index in [-0.39, 0.29) is 24.9 Å². The molecule has 1 aliphatic heterocycles. The molecule has 0 radical (unpaired) electrons. The zero-order chi connectivity index (χ0) is 10.8. The van der Waals surface area contributed by atoms with Crippen molar-refractivity contribution in [2.45, 2.75) is 0 Å². The minimum Gasteiger partial charge on any atom is -0.396 e. The molecule has 0 atom stereocenters. The van der Waals surface area contributed by atoms with Crippen LogP contribution in [0.4, 0.5) is 11.6 Å². The van der Waals surface area contributed by atoms with E-state index in [1.807, 2.05) is 0 Å². The van der Waals surface area contributed by atoms with Gasteiger partial charge in [0.1, 0.15) is 13.1 Å². The molecule has 1 aliphatic rings. The van der Waals surface area contributed by atoms with Crippen molar-refractivity contribution in [3.8, 4) is 0 Å². The van der Waals surface area contributed by atoms with Crippen molar-refractivity contribution in [3.05, 3.63) is 12.4 Å². The first-order valence-electron chi connectivity index (χ1n) is 4.30. The van der Waals surface area contributed by atoms with E-state index in [1.165, 1.54) is 17.3 Å². The molecule has 0 unspecified atom stereocenters. The summed E-state index contributed by atoms with van der Waals surface area (Å²) in [6.45, 7) is 0.158. The summed E-state index contributed by atoms with van der Waals surface area (Å²) in [6, 6.07) is 0. The van der Waals surface area contributed by atoms with Gasteiger partial charge in [0.15, 0.2) is 0 Å². The van der Waals surface area contributed by atoms with Gasteiger partial charge in [-0.3, -0.25) is 14.9 Å². The Balaban J connectivity index is 2.19. The van der Waals surface area contributed by atoms with Gasteiger partial charge in [-0.15, -0.1) is 0 Å². The van der Waals surface area contributed by atoms with Gasteiger partial charge in [0.25, 0.3) is 0 Å². The van der Waals surface area contributed by atoms with Crippen LogP contribution in [0.5, 0.6) is 0 Å². The molecule has 0 aromatic carbocycles. The lowest BCUT2D eigenvalue weighted by atomic mass is 10.3. The zero-order valence-electron chi connectivity index (χ0n) is 7.80. The molecule has 7 nitrogen and oxygen atoms in total. The van der Waals surface area contributed by atoms with Crippen LogP contribution in [0.1, 0.15) is 0 Å². The van der Waals surface area contributed by atoms with E-state index in [0.717, 1.165) is 0 Å². The van der Waals surface area contributed by atoms with Crippen molar-refractivity contribution in [3.63, 3.8) is 0 Å². The molecule has 0 spiro atoms. The Bertz CT molecular complexity index is 386. The number of piperazine rings is 1. The third-order valence-corrected chi connectivity index (χ3v) is 1.89. The van der Waals surface area contributed by atoms with Crippen molar-refractivity contribution < 1.29 is 9.59 Å². The van der Waals surface area contributed by atoms with Crippen LogP contribution in [0, 0.1) is 0 Å². The second-order valence-corrected chi connectivity index (χ2v) is 3.14. The second-order valence-electron chi connectivity index (χ2n) is 3.14. The predicted octanol–water partition coefficient (Wildman–Crippen LogP) is -1.48. The second kappa shape index (κ2) is 3.52. The number of carbonyl (C=O) groups excluding carboxylic acids is 2. The van der Waals surface area contributed by atoms with Gasteiger partial charge in [0.05, 0.1) is 18.1 Å². The molecule has 0 saturated carbocycles.